The lowest BCUT2D eigenvalue weighted by Crippen LogP contribution is -2.52. The van der Waals surface area contributed by atoms with E-state index in [1.807, 2.05) is 37.3 Å². The number of benzene rings is 1. The minimum atomic E-state index is -0.615. The van der Waals surface area contributed by atoms with Crippen LogP contribution in [-0.4, -0.2) is 25.7 Å². The van der Waals surface area contributed by atoms with Crippen molar-refractivity contribution in [2.75, 3.05) is 14.2 Å². The van der Waals surface area contributed by atoms with Crippen LogP contribution in [0.2, 0.25) is 0 Å². The molecule has 0 saturated carbocycles. The average Bonchev–Trinajstić information content (AvgIpc) is 2.36. The highest BCUT2D eigenvalue weighted by atomic mass is 16.5. The Labute approximate surface area is 96.8 Å². The fraction of sp³-hybridized carbons (Fsp3) is 0.462. The SMILES string of the molecule is CCC(Cc1ccccc1)(NC)C(=O)OC. The highest BCUT2D eigenvalue weighted by Gasteiger charge is 2.36. The molecule has 0 aliphatic carbocycles. The molecule has 3 heteroatoms. The molecule has 0 bridgehead atoms. The Kier molecular flexibility index (Phi) is 4.50. The van der Waals surface area contributed by atoms with Gasteiger partial charge in [0.1, 0.15) is 5.54 Å². The van der Waals surface area contributed by atoms with E-state index >= 15 is 0 Å². The van der Waals surface area contributed by atoms with Gasteiger partial charge in [-0.15, -0.1) is 0 Å². The van der Waals surface area contributed by atoms with E-state index in [0.717, 1.165) is 5.56 Å². The predicted molar refractivity (Wildman–Crippen MR) is 64.2 cm³/mol. The Morgan fingerprint density at radius 1 is 1.38 bits per heavy atom. The van der Waals surface area contributed by atoms with Crippen LogP contribution < -0.4 is 5.32 Å². The molecular formula is C13H19NO2. The molecule has 88 valence electrons. The summed E-state index contributed by atoms with van der Waals surface area (Å²) < 4.78 is 4.87. The zero-order chi connectivity index (χ0) is 12.0. The predicted octanol–water partition coefficient (Wildman–Crippen LogP) is 1.77. The summed E-state index contributed by atoms with van der Waals surface area (Å²) in [4.78, 5) is 11.8. The number of carbonyl (C=O) groups excluding carboxylic acids is 1. The summed E-state index contributed by atoms with van der Waals surface area (Å²) in [6, 6.07) is 9.95. The van der Waals surface area contributed by atoms with Crippen molar-refractivity contribution in [3.8, 4) is 0 Å². The molecule has 1 N–H and O–H groups in total. The molecule has 0 aromatic heterocycles. The first-order valence-corrected chi connectivity index (χ1v) is 5.49. The fourth-order valence-electron chi connectivity index (χ4n) is 1.85. The van der Waals surface area contributed by atoms with Crippen LogP contribution in [0.3, 0.4) is 0 Å². The van der Waals surface area contributed by atoms with Crippen molar-refractivity contribution in [1.29, 1.82) is 0 Å². The maximum atomic E-state index is 11.8. The molecule has 16 heavy (non-hydrogen) atoms. The molecule has 0 amide bonds. The molecule has 3 nitrogen and oxygen atoms in total. The fourth-order valence-corrected chi connectivity index (χ4v) is 1.85. The number of likely N-dealkylation sites (N-methyl/N-ethyl adjacent to an activating group) is 1. The lowest BCUT2D eigenvalue weighted by molar-refractivity contribution is -0.148. The van der Waals surface area contributed by atoms with Crippen molar-refractivity contribution >= 4 is 5.97 Å². The normalized spacial score (nSPS) is 14.2. The number of carbonyl (C=O) groups is 1. The summed E-state index contributed by atoms with van der Waals surface area (Å²) in [5, 5.41) is 3.09. The number of hydrogen-bond acceptors (Lipinski definition) is 3. The number of hydrogen-bond donors (Lipinski definition) is 1. The first-order chi connectivity index (χ1) is 7.68. The second-order valence-corrected chi connectivity index (χ2v) is 3.84. The molecule has 1 aromatic rings. The second-order valence-electron chi connectivity index (χ2n) is 3.84. The monoisotopic (exact) mass is 221 g/mol. The molecular weight excluding hydrogens is 202 g/mol. The Morgan fingerprint density at radius 2 is 2.00 bits per heavy atom. The number of ether oxygens (including phenoxy) is 1. The smallest absolute Gasteiger partial charge is 0.326 e. The first-order valence-electron chi connectivity index (χ1n) is 5.49. The van der Waals surface area contributed by atoms with E-state index in [-0.39, 0.29) is 5.97 Å². The molecule has 0 aliphatic heterocycles. The van der Waals surface area contributed by atoms with Crippen molar-refractivity contribution in [2.45, 2.75) is 25.3 Å². The van der Waals surface area contributed by atoms with E-state index in [2.05, 4.69) is 5.32 Å². The average molecular weight is 221 g/mol. The summed E-state index contributed by atoms with van der Waals surface area (Å²) >= 11 is 0. The molecule has 0 saturated heterocycles. The van der Waals surface area contributed by atoms with E-state index in [4.69, 9.17) is 4.74 Å². The number of methoxy groups -OCH3 is 1. The van der Waals surface area contributed by atoms with Crippen molar-refractivity contribution in [2.24, 2.45) is 0 Å². The third-order valence-corrected chi connectivity index (χ3v) is 3.01. The molecule has 0 spiro atoms. The highest BCUT2D eigenvalue weighted by molar-refractivity contribution is 5.81. The van der Waals surface area contributed by atoms with Crippen LogP contribution in [0.25, 0.3) is 0 Å². The van der Waals surface area contributed by atoms with Crippen LogP contribution >= 0.6 is 0 Å². The quantitative estimate of drug-likeness (QED) is 0.770. The van der Waals surface area contributed by atoms with Gasteiger partial charge in [0.25, 0.3) is 0 Å². The van der Waals surface area contributed by atoms with Gasteiger partial charge in [-0.05, 0) is 19.0 Å². The standard InChI is InChI=1S/C13H19NO2/c1-4-13(14-2,12(15)16-3)10-11-8-6-5-7-9-11/h5-9,14H,4,10H2,1-3H3. The van der Waals surface area contributed by atoms with Crippen molar-refractivity contribution in [3.05, 3.63) is 35.9 Å². The number of esters is 1. The zero-order valence-electron chi connectivity index (χ0n) is 10.1. The van der Waals surface area contributed by atoms with Crippen molar-refractivity contribution in [3.63, 3.8) is 0 Å². The topological polar surface area (TPSA) is 38.3 Å². The highest BCUT2D eigenvalue weighted by Crippen LogP contribution is 2.18. The van der Waals surface area contributed by atoms with Crippen LogP contribution in [0.15, 0.2) is 30.3 Å². The molecule has 1 unspecified atom stereocenters. The largest absolute Gasteiger partial charge is 0.468 e. The minimum absolute atomic E-state index is 0.207. The van der Waals surface area contributed by atoms with Crippen LogP contribution in [0, 0.1) is 0 Å². The lowest BCUT2D eigenvalue weighted by atomic mass is 9.88. The third kappa shape index (κ3) is 2.61. The maximum absolute atomic E-state index is 11.8. The summed E-state index contributed by atoms with van der Waals surface area (Å²) in [6.45, 7) is 1.98. The molecule has 0 aliphatic rings. The van der Waals surface area contributed by atoms with Crippen LogP contribution in [0.5, 0.6) is 0 Å². The second kappa shape index (κ2) is 5.66. The summed E-state index contributed by atoms with van der Waals surface area (Å²) in [5.74, 6) is -0.207. The van der Waals surface area contributed by atoms with Gasteiger partial charge in [0.15, 0.2) is 0 Å². The molecule has 1 aromatic carbocycles. The molecule has 0 heterocycles. The molecule has 0 radical (unpaired) electrons. The first kappa shape index (κ1) is 12.7. The Morgan fingerprint density at radius 3 is 2.44 bits per heavy atom. The van der Waals surface area contributed by atoms with Gasteiger partial charge in [0.05, 0.1) is 7.11 Å². The number of rotatable bonds is 5. The summed E-state index contributed by atoms with van der Waals surface area (Å²) in [6.07, 6.45) is 1.35. The van der Waals surface area contributed by atoms with Gasteiger partial charge in [-0.25, -0.2) is 0 Å². The van der Waals surface area contributed by atoms with Crippen molar-refractivity contribution in [1.82, 2.24) is 5.32 Å². The van der Waals surface area contributed by atoms with Gasteiger partial charge < -0.3 is 10.1 Å². The Bertz CT molecular complexity index is 331. The maximum Gasteiger partial charge on any atom is 0.326 e. The Balaban J connectivity index is 2.91. The minimum Gasteiger partial charge on any atom is -0.468 e. The third-order valence-electron chi connectivity index (χ3n) is 3.01. The van der Waals surface area contributed by atoms with E-state index < -0.39 is 5.54 Å². The van der Waals surface area contributed by atoms with Gasteiger partial charge in [-0.3, -0.25) is 4.79 Å². The lowest BCUT2D eigenvalue weighted by Gasteiger charge is -2.29. The van der Waals surface area contributed by atoms with Gasteiger partial charge in [-0.2, -0.15) is 0 Å². The molecule has 0 fully saturated rings. The van der Waals surface area contributed by atoms with E-state index in [1.165, 1.54) is 7.11 Å². The number of nitrogens with one attached hydrogen (secondary N) is 1. The molecule has 1 rings (SSSR count). The van der Waals surface area contributed by atoms with Crippen LogP contribution in [-0.2, 0) is 16.0 Å². The van der Waals surface area contributed by atoms with Crippen LogP contribution in [0.1, 0.15) is 18.9 Å². The van der Waals surface area contributed by atoms with Gasteiger partial charge in [-0.1, -0.05) is 37.3 Å². The van der Waals surface area contributed by atoms with Gasteiger partial charge >= 0.3 is 5.97 Å². The zero-order valence-corrected chi connectivity index (χ0v) is 10.1. The summed E-state index contributed by atoms with van der Waals surface area (Å²) in [7, 11) is 3.22. The van der Waals surface area contributed by atoms with E-state index in [1.54, 1.807) is 7.05 Å². The van der Waals surface area contributed by atoms with E-state index in [9.17, 15) is 4.79 Å². The van der Waals surface area contributed by atoms with Crippen molar-refractivity contribution < 1.29 is 9.53 Å². The van der Waals surface area contributed by atoms with E-state index in [0.29, 0.717) is 12.8 Å². The van der Waals surface area contributed by atoms with Crippen LogP contribution in [0.4, 0.5) is 0 Å². The van der Waals surface area contributed by atoms with Gasteiger partial charge in [0, 0.05) is 6.42 Å². The Hall–Kier alpha value is -1.35. The van der Waals surface area contributed by atoms with Gasteiger partial charge in [0.2, 0.25) is 0 Å². The molecule has 1 atom stereocenters. The summed E-state index contributed by atoms with van der Waals surface area (Å²) in [5.41, 5.74) is 0.514.